The largest absolute Gasteiger partial charge is 0.489 e. The van der Waals surface area contributed by atoms with Crippen molar-refractivity contribution in [3.05, 3.63) is 53.6 Å². The van der Waals surface area contributed by atoms with Gasteiger partial charge in [-0.25, -0.2) is 9.49 Å². The molecule has 2 aromatic heterocycles. The molecule has 7 nitrogen and oxygen atoms in total. The third-order valence-electron chi connectivity index (χ3n) is 4.35. The van der Waals surface area contributed by atoms with E-state index in [-0.39, 0.29) is 23.9 Å². The number of ether oxygens (including phenoxy) is 1. The first-order chi connectivity index (χ1) is 12.5. The molecule has 26 heavy (non-hydrogen) atoms. The summed E-state index contributed by atoms with van der Waals surface area (Å²) in [5, 5.41) is 9.07. The zero-order valence-corrected chi connectivity index (χ0v) is 14.4. The minimum atomic E-state index is -0.335. The van der Waals surface area contributed by atoms with Crippen molar-refractivity contribution < 1.29 is 18.4 Å². The second-order valence-corrected chi connectivity index (χ2v) is 6.38. The summed E-state index contributed by atoms with van der Waals surface area (Å²) in [5.74, 6) is 0.574. The third kappa shape index (κ3) is 2.94. The highest BCUT2D eigenvalue weighted by molar-refractivity contribution is 5.98. The standard InChI is InChI=1S/C18H18FN5O2/c1-10-8-20-18(25)14-9-21-24-6-5-16(23-17(14)24)22-11(2)13-7-12(19)3-4-15(13)26-10/h3-7,9-11H,8H2,1-2H3,(H2,20,21,22,23,25)/p+1/t10-,11+/m0/s1. The Hall–Kier alpha value is -3.16. The Balaban J connectivity index is 1.82. The lowest BCUT2D eigenvalue weighted by Crippen LogP contribution is -2.34. The van der Waals surface area contributed by atoms with E-state index in [1.165, 1.54) is 12.1 Å². The first-order valence-electron chi connectivity index (χ1n) is 8.42. The zero-order valence-electron chi connectivity index (χ0n) is 14.4. The van der Waals surface area contributed by atoms with Crippen LogP contribution >= 0.6 is 0 Å². The molecule has 1 aliphatic heterocycles. The predicted molar refractivity (Wildman–Crippen MR) is 92.6 cm³/mol. The van der Waals surface area contributed by atoms with Gasteiger partial charge in [-0.1, -0.05) is 0 Å². The topological polar surface area (TPSA) is 83.1 Å². The third-order valence-corrected chi connectivity index (χ3v) is 4.35. The number of nitrogens with zero attached hydrogens (tertiary/aromatic N) is 2. The van der Waals surface area contributed by atoms with Gasteiger partial charge in [0.05, 0.1) is 18.8 Å². The fourth-order valence-electron chi connectivity index (χ4n) is 3.02. The molecule has 0 saturated carbocycles. The van der Waals surface area contributed by atoms with Crippen LogP contribution in [-0.2, 0) is 0 Å². The Morgan fingerprint density at radius 3 is 3.00 bits per heavy atom. The number of amides is 1. The van der Waals surface area contributed by atoms with Gasteiger partial charge < -0.3 is 15.4 Å². The number of hydrogen-bond donors (Lipinski definition) is 3. The molecule has 1 amide bonds. The van der Waals surface area contributed by atoms with Gasteiger partial charge in [-0.05, 0) is 37.0 Å². The van der Waals surface area contributed by atoms with E-state index in [1.807, 2.05) is 13.8 Å². The molecule has 1 aliphatic rings. The summed E-state index contributed by atoms with van der Waals surface area (Å²) in [6.07, 6.45) is 3.11. The van der Waals surface area contributed by atoms with Crippen molar-refractivity contribution in [3.8, 4) is 5.75 Å². The van der Waals surface area contributed by atoms with E-state index in [1.54, 1.807) is 29.0 Å². The Bertz CT molecular complexity index is 987. The van der Waals surface area contributed by atoms with Gasteiger partial charge in [0.1, 0.15) is 23.9 Å². The highest BCUT2D eigenvalue weighted by atomic mass is 19.1. The van der Waals surface area contributed by atoms with Gasteiger partial charge in [0.25, 0.3) is 5.91 Å². The Labute approximate surface area is 149 Å². The molecule has 3 aromatic rings. The van der Waals surface area contributed by atoms with E-state index in [0.29, 0.717) is 34.9 Å². The Morgan fingerprint density at radius 2 is 2.15 bits per heavy atom. The first kappa shape index (κ1) is 16.3. The summed E-state index contributed by atoms with van der Waals surface area (Å²) in [6, 6.07) is 5.96. The first-order valence-corrected chi connectivity index (χ1v) is 8.42. The van der Waals surface area contributed by atoms with E-state index in [4.69, 9.17) is 4.74 Å². The Morgan fingerprint density at radius 1 is 1.31 bits per heavy atom. The van der Waals surface area contributed by atoms with Crippen molar-refractivity contribution >= 4 is 17.4 Å². The van der Waals surface area contributed by atoms with Gasteiger partial charge in [0.15, 0.2) is 5.56 Å². The van der Waals surface area contributed by atoms with Crippen molar-refractivity contribution in [1.82, 2.24) is 15.4 Å². The van der Waals surface area contributed by atoms with Crippen LogP contribution in [0.5, 0.6) is 5.75 Å². The molecule has 2 atom stereocenters. The minimum Gasteiger partial charge on any atom is -0.489 e. The average Bonchev–Trinajstić information content (AvgIpc) is 3.03. The fourth-order valence-corrected chi connectivity index (χ4v) is 3.02. The zero-order chi connectivity index (χ0) is 18.3. The number of carbonyl (C=O) groups excluding carboxylic acids is 1. The molecule has 0 aliphatic carbocycles. The van der Waals surface area contributed by atoms with E-state index in [2.05, 4.69) is 20.7 Å². The van der Waals surface area contributed by atoms with Gasteiger partial charge in [0.2, 0.25) is 5.82 Å². The van der Waals surface area contributed by atoms with Crippen LogP contribution in [-0.4, -0.2) is 28.6 Å². The molecule has 4 rings (SSSR count). The van der Waals surface area contributed by atoms with Crippen LogP contribution in [0.4, 0.5) is 10.2 Å². The number of halogens is 1. The molecule has 134 valence electrons. The lowest BCUT2D eigenvalue weighted by Gasteiger charge is -2.21. The highest BCUT2D eigenvalue weighted by Gasteiger charge is 2.24. The van der Waals surface area contributed by atoms with Gasteiger partial charge >= 0.3 is 5.65 Å². The van der Waals surface area contributed by atoms with Crippen LogP contribution in [0.1, 0.15) is 35.8 Å². The second kappa shape index (κ2) is 6.29. The number of rotatable bonds is 0. The molecule has 0 fully saturated rings. The summed E-state index contributed by atoms with van der Waals surface area (Å²) in [7, 11) is 0. The second-order valence-electron chi connectivity index (χ2n) is 6.38. The van der Waals surface area contributed by atoms with Crippen LogP contribution in [0.15, 0.2) is 36.7 Å². The maximum absolute atomic E-state index is 13.8. The SMILES string of the molecule is C[C@H]1CNC(=O)c2c[nH][n+]3ccc(nc23)N[C@H](C)c2cc(F)ccc2O1. The summed E-state index contributed by atoms with van der Waals surface area (Å²) < 4.78 is 21.4. The molecular formula is C18H19FN5O2+. The van der Waals surface area contributed by atoms with E-state index >= 15 is 0 Å². The average molecular weight is 356 g/mol. The van der Waals surface area contributed by atoms with Gasteiger partial charge in [0, 0.05) is 11.6 Å². The van der Waals surface area contributed by atoms with Gasteiger partial charge in [-0.3, -0.25) is 4.79 Å². The lowest BCUT2D eigenvalue weighted by atomic mass is 10.1. The molecular weight excluding hydrogens is 337 g/mol. The van der Waals surface area contributed by atoms with Crippen LogP contribution < -0.4 is 19.9 Å². The number of aromatic nitrogens is 3. The van der Waals surface area contributed by atoms with Crippen LogP contribution in [0.25, 0.3) is 5.65 Å². The monoisotopic (exact) mass is 356 g/mol. The molecule has 3 N–H and O–H groups in total. The van der Waals surface area contributed by atoms with E-state index in [0.717, 1.165) is 0 Å². The molecule has 2 bridgehead atoms. The quantitative estimate of drug-likeness (QED) is 0.538. The number of benzene rings is 1. The molecule has 0 radical (unpaired) electrons. The lowest BCUT2D eigenvalue weighted by molar-refractivity contribution is -0.578. The van der Waals surface area contributed by atoms with E-state index in [9.17, 15) is 9.18 Å². The van der Waals surface area contributed by atoms with Gasteiger partial charge in [-0.15, -0.1) is 4.52 Å². The summed E-state index contributed by atoms with van der Waals surface area (Å²) in [4.78, 5) is 17.0. The number of anilines is 1. The van der Waals surface area contributed by atoms with E-state index < -0.39 is 0 Å². The van der Waals surface area contributed by atoms with Crippen LogP contribution in [0, 0.1) is 5.82 Å². The number of aromatic amines is 1. The smallest absolute Gasteiger partial charge is 0.363 e. The minimum absolute atomic E-state index is 0.240. The number of carbonyl (C=O) groups is 1. The molecule has 1 aromatic carbocycles. The maximum Gasteiger partial charge on any atom is 0.363 e. The summed E-state index contributed by atoms with van der Waals surface area (Å²) >= 11 is 0. The molecule has 0 saturated heterocycles. The number of hydrogen-bond acceptors (Lipinski definition) is 4. The Kier molecular flexibility index (Phi) is 3.95. The number of nitrogens with one attached hydrogen (secondary N) is 3. The molecule has 0 spiro atoms. The van der Waals surface area contributed by atoms with Crippen LogP contribution in [0.2, 0.25) is 0 Å². The van der Waals surface area contributed by atoms with Crippen molar-refractivity contribution in [2.24, 2.45) is 0 Å². The molecule has 0 unspecified atom stereocenters. The number of H-pyrrole nitrogens is 1. The summed E-state index contributed by atoms with van der Waals surface area (Å²) in [6.45, 7) is 4.08. The highest BCUT2D eigenvalue weighted by Crippen LogP contribution is 2.29. The molecule has 8 heteroatoms. The maximum atomic E-state index is 13.8. The normalized spacial score (nSPS) is 20.2. The fraction of sp³-hybridized carbons (Fsp3) is 0.278. The van der Waals surface area contributed by atoms with Crippen molar-refractivity contribution in [2.75, 3.05) is 11.9 Å². The van der Waals surface area contributed by atoms with Crippen LogP contribution in [0.3, 0.4) is 0 Å². The molecule has 3 heterocycles. The summed E-state index contributed by atoms with van der Waals surface area (Å²) in [5.41, 5.74) is 1.63. The van der Waals surface area contributed by atoms with Crippen molar-refractivity contribution in [3.63, 3.8) is 0 Å². The van der Waals surface area contributed by atoms with Gasteiger partial charge in [-0.2, -0.15) is 0 Å². The van der Waals surface area contributed by atoms with Crippen molar-refractivity contribution in [1.29, 1.82) is 0 Å². The predicted octanol–water partition coefficient (Wildman–Crippen LogP) is 1.97. The number of fused-ring (bicyclic) bond motifs is 2. The van der Waals surface area contributed by atoms with Crippen molar-refractivity contribution in [2.45, 2.75) is 26.0 Å².